The van der Waals surface area contributed by atoms with Gasteiger partial charge in [-0.25, -0.2) is 0 Å². The first-order valence-corrected chi connectivity index (χ1v) is 8.34. The zero-order valence-corrected chi connectivity index (χ0v) is 13.9. The highest BCUT2D eigenvalue weighted by molar-refractivity contribution is 9.10. The van der Waals surface area contributed by atoms with Crippen molar-refractivity contribution in [1.29, 1.82) is 0 Å². The van der Waals surface area contributed by atoms with E-state index in [1.165, 1.54) is 22.3 Å². The van der Waals surface area contributed by atoms with Gasteiger partial charge in [-0.2, -0.15) is 0 Å². The van der Waals surface area contributed by atoms with E-state index < -0.39 is 0 Å². The van der Waals surface area contributed by atoms with Crippen LogP contribution >= 0.6 is 27.3 Å². The fourth-order valence-electron chi connectivity index (χ4n) is 2.76. The Hall–Kier alpha value is 0.1000. The number of thiophene rings is 1. The first-order chi connectivity index (χ1) is 8.43. The van der Waals surface area contributed by atoms with E-state index in [1.807, 2.05) is 11.3 Å². The third-order valence-corrected chi connectivity index (χ3v) is 5.62. The lowest BCUT2D eigenvalue weighted by molar-refractivity contribution is 0.192. The van der Waals surface area contributed by atoms with Crippen molar-refractivity contribution < 1.29 is 0 Å². The van der Waals surface area contributed by atoms with Crippen LogP contribution in [0.25, 0.3) is 0 Å². The maximum Gasteiger partial charge on any atom is 0.0593 e. The Kier molecular flexibility index (Phi) is 4.52. The number of halogens is 1. The molecule has 1 fully saturated rings. The molecular formula is C14H23BrN2S. The number of likely N-dealkylation sites (tertiary alicyclic amines) is 1. The predicted molar refractivity (Wildman–Crippen MR) is 83.0 cm³/mol. The molecule has 2 heterocycles. The molecule has 1 saturated heterocycles. The van der Waals surface area contributed by atoms with Crippen LogP contribution in [-0.4, -0.2) is 24.0 Å². The molecular weight excluding hydrogens is 308 g/mol. The summed E-state index contributed by atoms with van der Waals surface area (Å²) >= 11 is 5.37. The van der Waals surface area contributed by atoms with E-state index in [0.717, 1.165) is 13.0 Å². The molecule has 0 bridgehead atoms. The smallest absolute Gasteiger partial charge is 0.0593 e. The summed E-state index contributed by atoms with van der Waals surface area (Å²) in [5.41, 5.74) is 6.81. The minimum atomic E-state index is 0.226. The lowest BCUT2D eigenvalue weighted by Gasteiger charge is -2.32. The second-order valence-electron chi connectivity index (χ2n) is 6.07. The van der Waals surface area contributed by atoms with Gasteiger partial charge in [0.25, 0.3) is 0 Å². The minimum Gasteiger partial charge on any atom is -0.326 e. The molecule has 4 heteroatoms. The Bertz CT molecular complexity index is 402. The summed E-state index contributed by atoms with van der Waals surface area (Å²) in [5, 5.41) is 2.16. The lowest BCUT2D eigenvalue weighted by atomic mass is 9.93. The van der Waals surface area contributed by atoms with Crippen LogP contribution in [0.1, 0.15) is 44.5 Å². The Labute approximate surface area is 123 Å². The van der Waals surface area contributed by atoms with E-state index in [-0.39, 0.29) is 6.04 Å². The van der Waals surface area contributed by atoms with Gasteiger partial charge in [0.1, 0.15) is 0 Å². The van der Waals surface area contributed by atoms with Crippen LogP contribution in [-0.2, 0) is 0 Å². The predicted octanol–water partition coefficient (Wildman–Crippen LogP) is 4.02. The van der Waals surface area contributed by atoms with Gasteiger partial charge in [0.15, 0.2) is 0 Å². The third-order valence-electron chi connectivity index (χ3n) is 3.86. The lowest BCUT2D eigenvalue weighted by Crippen LogP contribution is -2.40. The summed E-state index contributed by atoms with van der Waals surface area (Å²) in [5.74, 6) is 0. The van der Waals surface area contributed by atoms with Crippen molar-refractivity contribution in [1.82, 2.24) is 4.90 Å². The van der Waals surface area contributed by atoms with Crippen LogP contribution in [0.5, 0.6) is 0 Å². The monoisotopic (exact) mass is 330 g/mol. The summed E-state index contributed by atoms with van der Waals surface area (Å²) in [6.45, 7) is 9.21. The van der Waals surface area contributed by atoms with Crippen molar-refractivity contribution in [3.05, 3.63) is 20.8 Å². The average Bonchev–Trinajstić information content (AvgIpc) is 2.86. The van der Waals surface area contributed by atoms with Gasteiger partial charge in [0.2, 0.25) is 0 Å². The molecule has 18 heavy (non-hydrogen) atoms. The number of hydrogen-bond donors (Lipinski definition) is 1. The van der Waals surface area contributed by atoms with Gasteiger partial charge in [-0.1, -0.05) is 20.8 Å². The molecule has 1 aromatic rings. The molecule has 2 N–H and O–H groups in total. The van der Waals surface area contributed by atoms with Crippen molar-refractivity contribution in [3.63, 3.8) is 0 Å². The largest absolute Gasteiger partial charge is 0.326 e. The van der Waals surface area contributed by atoms with Crippen molar-refractivity contribution in [2.45, 2.75) is 45.7 Å². The quantitative estimate of drug-likeness (QED) is 0.903. The highest BCUT2D eigenvalue weighted by atomic mass is 79.9. The molecule has 0 amide bonds. The Balaban J connectivity index is 2.21. The van der Waals surface area contributed by atoms with Crippen LogP contribution < -0.4 is 5.73 Å². The Morgan fingerprint density at radius 2 is 2.28 bits per heavy atom. The maximum atomic E-state index is 6.38. The summed E-state index contributed by atoms with van der Waals surface area (Å²) in [6.07, 6.45) is 2.30. The SMILES string of the molecule is CCC(N)C(c1cc(Br)cs1)N1CCC(C)(C)C1. The zero-order chi connectivity index (χ0) is 13.3. The fraction of sp³-hybridized carbons (Fsp3) is 0.714. The molecule has 0 spiro atoms. The minimum absolute atomic E-state index is 0.226. The van der Waals surface area contributed by atoms with E-state index in [0.29, 0.717) is 11.5 Å². The second kappa shape index (κ2) is 5.61. The van der Waals surface area contributed by atoms with Gasteiger partial charge in [-0.05, 0) is 46.8 Å². The molecule has 2 atom stereocenters. The van der Waals surface area contributed by atoms with Crippen LogP contribution in [0.4, 0.5) is 0 Å². The molecule has 102 valence electrons. The molecule has 1 aromatic heterocycles. The highest BCUT2D eigenvalue weighted by Gasteiger charge is 2.36. The van der Waals surface area contributed by atoms with E-state index in [2.05, 4.69) is 53.0 Å². The van der Waals surface area contributed by atoms with Gasteiger partial charge in [-0.15, -0.1) is 11.3 Å². The van der Waals surface area contributed by atoms with E-state index >= 15 is 0 Å². The molecule has 0 saturated carbocycles. The van der Waals surface area contributed by atoms with Crippen molar-refractivity contribution in [2.75, 3.05) is 13.1 Å². The van der Waals surface area contributed by atoms with E-state index in [1.54, 1.807) is 0 Å². The van der Waals surface area contributed by atoms with Gasteiger partial charge in [-0.3, -0.25) is 4.90 Å². The van der Waals surface area contributed by atoms with Crippen LogP contribution in [0.15, 0.2) is 15.9 Å². The first kappa shape index (κ1) is 14.5. The summed E-state index contributed by atoms with van der Waals surface area (Å²) in [7, 11) is 0. The molecule has 2 nitrogen and oxygen atoms in total. The first-order valence-electron chi connectivity index (χ1n) is 6.66. The fourth-order valence-corrected chi connectivity index (χ4v) is 4.41. The number of nitrogens with zero attached hydrogens (tertiary/aromatic N) is 1. The van der Waals surface area contributed by atoms with Gasteiger partial charge in [0, 0.05) is 27.3 Å². The van der Waals surface area contributed by atoms with E-state index in [9.17, 15) is 0 Å². The summed E-state index contributed by atoms with van der Waals surface area (Å²) < 4.78 is 1.18. The average molecular weight is 331 g/mol. The summed E-state index contributed by atoms with van der Waals surface area (Å²) in [4.78, 5) is 3.97. The van der Waals surface area contributed by atoms with Crippen LogP contribution in [0, 0.1) is 5.41 Å². The van der Waals surface area contributed by atoms with Crippen molar-refractivity contribution >= 4 is 27.3 Å². The topological polar surface area (TPSA) is 29.3 Å². The van der Waals surface area contributed by atoms with Gasteiger partial charge in [0.05, 0.1) is 6.04 Å². The molecule has 0 aromatic carbocycles. The standard InChI is InChI=1S/C14H23BrN2S/c1-4-11(16)13(12-7-10(15)8-18-12)17-6-5-14(2,3)9-17/h7-8,11,13H,4-6,9,16H2,1-3H3. The maximum absolute atomic E-state index is 6.38. The molecule has 0 radical (unpaired) electrons. The van der Waals surface area contributed by atoms with Crippen LogP contribution in [0.3, 0.4) is 0 Å². The van der Waals surface area contributed by atoms with Crippen molar-refractivity contribution in [2.24, 2.45) is 11.1 Å². The Morgan fingerprint density at radius 3 is 2.72 bits per heavy atom. The van der Waals surface area contributed by atoms with Crippen LogP contribution in [0.2, 0.25) is 0 Å². The van der Waals surface area contributed by atoms with E-state index in [4.69, 9.17) is 5.73 Å². The molecule has 2 unspecified atom stereocenters. The molecule has 1 aliphatic rings. The normalized spacial score (nSPS) is 23.2. The number of hydrogen-bond acceptors (Lipinski definition) is 3. The highest BCUT2D eigenvalue weighted by Crippen LogP contribution is 2.38. The molecule has 0 aliphatic carbocycles. The van der Waals surface area contributed by atoms with Gasteiger partial charge >= 0.3 is 0 Å². The third kappa shape index (κ3) is 3.16. The van der Waals surface area contributed by atoms with Crippen molar-refractivity contribution in [3.8, 4) is 0 Å². The second-order valence-corrected chi connectivity index (χ2v) is 7.93. The Morgan fingerprint density at radius 1 is 1.56 bits per heavy atom. The molecule has 1 aliphatic heterocycles. The number of rotatable bonds is 4. The molecule has 2 rings (SSSR count). The zero-order valence-electron chi connectivity index (χ0n) is 11.4. The summed E-state index contributed by atoms with van der Waals surface area (Å²) in [6, 6.07) is 2.84. The number of nitrogens with two attached hydrogens (primary N) is 1. The van der Waals surface area contributed by atoms with Gasteiger partial charge < -0.3 is 5.73 Å².